The van der Waals surface area contributed by atoms with Crippen molar-refractivity contribution in [3.8, 4) is 6.07 Å². The van der Waals surface area contributed by atoms with Gasteiger partial charge in [0.1, 0.15) is 0 Å². The molecule has 0 aromatic heterocycles. The van der Waals surface area contributed by atoms with E-state index in [4.69, 9.17) is 5.26 Å². The minimum absolute atomic E-state index is 0.234. The molecule has 1 atom stereocenters. The summed E-state index contributed by atoms with van der Waals surface area (Å²) < 4.78 is 24.1. The van der Waals surface area contributed by atoms with Crippen molar-refractivity contribution in [3.05, 3.63) is 30.3 Å². The third-order valence-corrected chi connectivity index (χ3v) is 4.43. The van der Waals surface area contributed by atoms with E-state index in [-0.39, 0.29) is 4.90 Å². The van der Waals surface area contributed by atoms with Crippen molar-refractivity contribution in [2.45, 2.75) is 36.3 Å². The topological polar surface area (TPSA) is 57.9 Å². The monoisotopic (exact) mass is 237 g/mol. The van der Waals surface area contributed by atoms with E-state index in [0.717, 1.165) is 12.8 Å². The van der Waals surface area contributed by atoms with Gasteiger partial charge in [-0.3, -0.25) is 0 Å². The average molecular weight is 237 g/mol. The van der Waals surface area contributed by atoms with E-state index in [1.165, 1.54) is 12.1 Å². The van der Waals surface area contributed by atoms with Gasteiger partial charge >= 0.3 is 0 Å². The van der Waals surface area contributed by atoms with Crippen LogP contribution in [0.1, 0.15) is 26.2 Å². The molecule has 0 heterocycles. The second kappa shape index (κ2) is 5.66. The molecule has 4 heteroatoms. The van der Waals surface area contributed by atoms with E-state index in [9.17, 15) is 8.42 Å². The zero-order chi connectivity index (χ0) is 12.0. The number of hydrogen-bond acceptors (Lipinski definition) is 3. The van der Waals surface area contributed by atoms with Crippen LogP contribution < -0.4 is 0 Å². The Balaban J connectivity index is 2.97. The normalized spacial score (nSPS) is 13.0. The molecule has 0 saturated carbocycles. The Kier molecular flexibility index (Phi) is 4.51. The first-order valence-electron chi connectivity index (χ1n) is 5.31. The molecule has 0 bridgehead atoms. The maximum Gasteiger partial charge on any atom is 0.194 e. The van der Waals surface area contributed by atoms with E-state index in [1.54, 1.807) is 18.2 Å². The highest BCUT2D eigenvalue weighted by Gasteiger charge is 2.26. The van der Waals surface area contributed by atoms with Crippen LogP contribution in [0.3, 0.4) is 0 Å². The molecule has 0 aliphatic heterocycles. The van der Waals surface area contributed by atoms with Crippen molar-refractivity contribution in [2.75, 3.05) is 0 Å². The van der Waals surface area contributed by atoms with Crippen LogP contribution in [0.2, 0.25) is 0 Å². The molecule has 3 nitrogen and oxygen atoms in total. The lowest BCUT2D eigenvalue weighted by molar-refractivity contribution is 0.581. The van der Waals surface area contributed by atoms with Crippen molar-refractivity contribution in [1.82, 2.24) is 0 Å². The summed E-state index contributed by atoms with van der Waals surface area (Å²) in [6.07, 6.45) is 2.05. The highest BCUT2D eigenvalue weighted by Crippen LogP contribution is 2.19. The molecule has 0 fully saturated rings. The van der Waals surface area contributed by atoms with Gasteiger partial charge in [0.25, 0.3) is 0 Å². The SMILES string of the molecule is CCCCC(C#N)S(=O)(=O)c1ccccc1. The molecule has 0 N–H and O–H groups in total. The summed E-state index contributed by atoms with van der Waals surface area (Å²) in [6, 6.07) is 10.0. The Hall–Kier alpha value is -1.34. The molecule has 1 aromatic carbocycles. The van der Waals surface area contributed by atoms with Gasteiger partial charge < -0.3 is 0 Å². The standard InChI is InChI=1S/C12H15NO2S/c1-2-3-7-12(10-13)16(14,15)11-8-5-4-6-9-11/h4-6,8-9,12H,2-3,7H2,1H3. The van der Waals surface area contributed by atoms with E-state index < -0.39 is 15.1 Å². The van der Waals surface area contributed by atoms with Gasteiger partial charge in [0.2, 0.25) is 0 Å². The van der Waals surface area contributed by atoms with Gasteiger partial charge in [0, 0.05) is 0 Å². The second-order valence-corrected chi connectivity index (χ2v) is 5.75. The Morgan fingerprint density at radius 2 is 1.94 bits per heavy atom. The van der Waals surface area contributed by atoms with Gasteiger partial charge in [0.05, 0.1) is 11.0 Å². The summed E-state index contributed by atoms with van der Waals surface area (Å²) in [5, 5.41) is 8.00. The lowest BCUT2D eigenvalue weighted by Crippen LogP contribution is -2.19. The van der Waals surface area contributed by atoms with Crippen LogP contribution in [0.4, 0.5) is 0 Å². The Bertz CT molecular complexity index is 460. The van der Waals surface area contributed by atoms with Crippen LogP contribution in [0.5, 0.6) is 0 Å². The first-order valence-corrected chi connectivity index (χ1v) is 6.86. The quantitative estimate of drug-likeness (QED) is 0.790. The largest absolute Gasteiger partial charge is 0.222 e. The van der Waals surface area contributed by atoms with Crippen LogP contribution in [0, 0.1) is 11.3 Å². The fourth-order valence-corrected chi connectivity index (χ4v) is 2.93. The minimum atomic E-state index is -3.48. The Morgan fingerprint density at radius 3 is 2.44 bits per heavy atom. The fraction of sp³-hybridized carbons (Fsp3) is 0.417. The van der Waals surface area contributed by atoms with Gasteiger partial charge in [-0.25, -0.2) is 8.42 Å². The van der Waals surface area contributed by atoms with Gasteiger partial charge in [-0.15, -0.1) is 0 Å². The summed E-state index contributed by atoms with van der Waals surface area (Å²) in [5.41, 5.74) is 0. The minimum Gasteiger partial charge on any atom is -0.222 e. The summed E-state index contributed by atoms with van der Waals surface area (Å²) in [5.74, 6) is 0. The van der Waals surface area contributed by atoms with E-state index in [1.807, 2.05) is 13.0 Å². The second-order valence-electron chi connectivity index (χ2n) is 3.62. The molecule has 1 unspecified atom stereocenters. The number of nitrogens with zero attached hydrogens (tertiary/aromatic N) is 1. The Morgan fingerprint density at radius 1 is 1.31 bits per heavy atom. The number of sulfone groups is 1. The lowest BCUT2D eigenvalue weighted by Gasteiger charge is -2.09. The third-order valence-electron chi connectivity index (χ3n) is 2.41. The molecule has 0 aliphatic rings. The molecule has 0 spiro atoms. The zero-order valence-electron chi connectivity index (χ0n) is 9.26. The lowest BCUT2D eigenvalue weighted by atomic mass is 10.2. The van der Waals surface area contributed by atoms with Crippen molar-refractivity contribution >= 4 is 9.84 Å². The molecule has 86 valence electrons. The molecule has 16 heavy (non-hydrogen) atoms. The maximum atomic E-state index is 12.0. The van der Waals surface area contributed by atoms with Crippen molar-refractivity contribution < 1.29 is 8.42 Å². The van der Waals surface area contributed by atoms with Gasteiger partial charge in [-0.1, -0.05) is 38.0 Å². The summed E-state index contributed by atoms with van der Waals surface area (Å²) >= 11 is 0. The van der Waals surface area contributed by atoms with Crippen molar-refractivity contribution in [3.63, 3.8) is 0 Å². The first-order chi connectivity index (χ1) is 7.62. The van der Waals surface area contributed by atoms with Gasteiger partial charge in [-0.2, -0.15) is 5.26 Å². The maximum absolute atomic E-state index is 12.0. The predicted molar refractivity (Wildman–Crippen MR) is 62.6 cm³/mol. The highest BCUT2D eigenvalue weighted by molar-refractivity contribution is 7.92. The fourth-order valence-electron chi connectivity index (χ4n) is 1.45. The molecule has 1 rings (SSSR count). The van der Waals surface area contributed by atoms with Crippen LogP contribution in [0.15, 0.2) is 35.2 Å². The molecular formula is C12H15NO2S. The van der Waals surface area contributed by atoms with E-state index >= 15 is 0 Å². The van der Waals surface area contributed by atoms with Crippen LogP contribution in [-0.4, -0.2) is 13.7 Å². The molecular weight excluding hydrogens is 222 g/mol. The van der Waals surface area contributed by atoms with Crippen molar-refractivity contribution in [1.29, 1.82) is 5.26 Å². The number of nitriles is 1. The Labute approximate surface area is 96.6 Å². The molecule has 0 aliphatic carbocycles. The molecule has 0 radical (unpaired) electrons. The van der Waals surface area contributed by atoms with Gasteiger partial charge in [0.15, 0.2) is 15.1 Å². The van der Waals surface area contributed by atoms with Crippen LogP contribution in [0.25, 0.3) is 0 Å². The van der Waals surface area contributed by atoms with E-state index in [0.29, 0.717) is 6.42 Å². The summed E-state index contributed by atoms with van der Waals surface area (Å²) in [7, 11) is -3.48. The summed E-state index contributed by atoms with van der Waals surface area (Å²) in [4.78, 5) is 0.234. The number of hydrogen-bond donors (Lipinski definition) is 0. The molecule has 1 aromatic rings. The van der Waals surface area contributed by atoms with Crippen molar-refractivity contribution in [2.24, 2.45) is 0 Å². The average Bonchev–Trinajstić information content (AvgIpc) is 2.31. The molecule has 0 saturated heterocycles. The molecule has 0 amide bonds. The number of benzene rings is 1. The first kappa shape index (κ1) is 12.7. The zero-order valence-corrected chi connectivity index (χ0v) is 10.1. The third kappa shape index (κ3) is 2.83. The predicted octanol–water partition coefficient (Wildman–Crippen LogP) is 2.54. The summed E-state index contributed by atoms with van der Waals surface area (Å²) in [6.45, 7) is 1.98. The van der Waals surface area contributed by atoms with Gasteiger partial charge in [-0.05, 0) is 18.6 Å². The number of unbranched alkanes of at least 4 members (excludes halogenated alkanes) is 1. The smallest absolute Gasteiger partial charge is 0.194 e. The highest BCUT2D eigenvalue weighted by atomic mass is 32.2. The number of rotatable bonds is 5. The van der Waals surface area contributed by atoms with Crippen LogP contribution in [-0.2, 0) is 9.84 Å². The van der Waals surface area contributed by atoms with E-state index in [2.05, 4.69) is 0 Å². The van der Waals surface area contributed by atoms with Crippen LogP contribution >= 0.6 is 0 Å².